The van der Waals surface area contributed by atoms with Crippen molar-refractivity contribution >= 4 is 5.91 Å². The van der Waals surface area contributed by atoms with Crippen LogP contribution in [0.15, 0.2) is 0 Å². The van der Waals surface area contributed by atoms with Gasteiger partial charge < -0.3 is 4.90 Å². The lowest BCUT2D eigenvalue weighted by Crippen LogP contribution is -2.34. The molecule has 0 unspecified atom stereocenters. The molecule has 0 aliphatic carbocycles. The maximum Gasteiger partial charge on any atom is 0.223 e. The van der Waals surface area contributed by atoms with Gasteiger partial charge in [-0.25, -0.2) is 0 Å². The van der Waals surface area contributed by atoms with Crippen molar-refractivity contribution in [3.63, 3.8) is 0 Å². The number of nitriles is 1. The van der Waals surface area contributed by atoms with E-state index < -0.39 is 0 Å². The Morgan fingerprint density at radius 3 is 2.38 bits per heavy atom. The van der Waals surface area contributed by atoms with Crippen molar-refractivity contribution in [2.75, 3.05) is 13.6 Å². The van der Waals surface area contributed by atoms with Gasteiger partial charge in [0.1, 0.15) is 0 Å². The first kappa shape index (κ1) is 12.0. The molecular weight excluding hydrogens is 164 g/mol. The number of nitrogens with zero attached hydrogens (tertiary/aromatic N) is 2. The molecule has 3 heteroatoms. The van der Waals surface area contributed by atoms with Crippen molar-refractivity contribution in [3.8, 4) is 6.07 Å². The second-order valence-electron chi connectivity index (χ2n) is 4.47. The summed E-state index contributed by atoms with van der Waals surface area (Å²) >= 11 is 0. The van der Waals surface area contributed by atoms with Crippen molar-refractivity contribution in [1.82, 2.24) is 4.90 Å². The molecule has 74 valence electrons. The van der Waals surface area contributed by atoms with Crippen molar-refractivity contribution in [2.24, 2.45) is 5.41 Å². The van der Waals surface area contributed by atoms with Crippen molar-refractivity contribution in [3.05, 3.63) is 0 Å². The van der Waals surface area contributed by atoms with E-state index in [2.05, 4.69) is 20.8 Å². The fraction of sp³-hybridized carbons (Fsp3) is 0.800. The Morgan fingerprint density at radius 2 is 2.00 bits per heavy atom. The fourth-order valence-corrected chi connectivity index (χ4v) is 1.15. The Labute approximate surface area is 80.3 Å². The normalized spacial score (nSPS) is 10.7. The SMILES string of the molecule is CN(CC(C)(C)C)C(=O)CCC#N. The summed E-state index contributed by atoms with van der Waals surface area (Å²) in [6, 6.07) is 1.97. The van der Waals surface area contributed by atoms with Crippen LogP contribution in [-0.4, -0.2) is 24.4 Å². The topological polar surface area (TPSA) is 44.1 Å². The zero-order valence-corrected chi connectivity index (χ0v) is 8.92. The number of carbonyl (C=O) groups is 1. The third kappa shape index (κ3) is 6.15. The molecule has 0 aliphatic rings. The van der Waals surface area contributed by atoms with Gasteiger partial charge in [-0.1, -0.05) is 20.8 Å². The van der Waals surface area contributed by atoms with Crippen molar-refractivity contribution in [1.29, 1.82) is 5.26 Å². The molecule has 0 aliphatic heterocycles. The van der Waals surface area contributed by atoms with Crippen LogP contribution in [0.4, 0.5) is 0 Å². The van der Waals surface area contributed by atoms with E-state index in [-0.39, 0.29) is 11.3 Å². The van der Waals surface area contributed by atoms with Crippen LogP contribution in [0.3, 0.4) is 0 Å². The van der Waals surface area contributed by atoms with Gasteiger partial charge >= 0.3 is 0 Å². The van der Waals surface area contributed by atoms with E-state index in [1.807, 2.05) is 6.07 Å². The Hall–Kier alpha value is -1.04. The van der Waals surface area contributed by atoms with Crippen molar-refractivity contribution < 1.29 is 4.79 Å². The van der Waals surface area contributed by atoms with Gasteiger partial charge in [0.25, 0.3) is 0 Å². The second kappa shape index (κ2) is 4.86. The number of amides is 1. The van der Waals surface area contributed by atoms with E-state index in [0.29, 0.717) is 12.8 Å². The molecule has 0 heterocycles. The number of hydrogen-bond acceptors (Lipinski definition) is 2. The molecule has 3 nitrogen and oxygen atoms in total. The lowest BCUT2D eigenvalue weighted by atomic mass is 9.96. The van der Waals surface area contributed by atoms with E-state index in [9.17, 15) is 4.79 Å². The smallest absolute Gasteiger partial charge is 0.223 e. The molecule has 0 radical (unpaired) electrons. The van der Waals surface area contributed by atoms with Gasteiger partial charge in [-0.15, -0.1) is 0 Å². The quantitative estimate of drug-likeness (QED) is 0.668. The molecule has 0 saturated heterocycles. The summed E-state index contributed by atoms with van der Waals surface area (Å²) in [6.07, 6.45) is 0.649. The molecule has 0 aromatic rings. The molecule has 0 N–H and O–H groups in total. The first-order chi connectivity index (χ1) is 5.87. The van der Waals surface area contributed by atoms with Crippen LogP contribution in [-0.2, 0) is 4.79 Å². The minimum Gasteiger partial charge on any atom is -0.345 e. The van der Waals surface area contributed by atoms with E-state index in [4.69, 9.17) is 5.26 Å². The third-order valence-corrected chi connectivity index (χ3v) is 1.59. The lowest BCUT2D eigenvalue weighted by molar-refractivity contribution is -0.130. The summed E-state index contributed by atoms with van der Waals surface area (Å²) in [6.45, 7) is 6.99. The molecule has 0 spiro atoms. The predicted molar refractivity (Wildman–Crippen MR) is 51.9 cm³/mol. The maximum atomic E-state index is 11.4. The Bertz CT molecular complexity index is 210. The van der Waals surface area contributed by atoms with Gasteiger partial charge in [0, 0.05) is 26.4 Å². The van der Waals surface area contributed by atoms with Gasteiger partial charge in [0.2, 0.25) is 5.91 Å². The zero-order chi connectivity index (χ0) is 10.5. The number of hydrogen-bond donors (Lipinski definition) is 0. The molecule has 0 fully saturated rings. The molecule has 0 saturated carbocycles. The molecule has 0 bridgehead atoms. The van der Waals surface area contributed by atoms with Crippen LogP contribution in [0.1, 0.15) is 33.6 Å². The van der Waals surface area contributed by atoms with Gasteiger partial charge in [-0.3, -0.25) is 4.79 Å². The van der Waals surface area contributed by atoms with Gasteiger partial charge in [-0.2, -0.15) is 5.26 Å². The number of rotatable bonds is 3. The Kier molecular flexibility index (Phi) is 4.47. The van der Waals surface area contributed by atoms with Gasteiger partial charge in [0.15, 0.2) is 0 Å². The summed E-state index contributed by atoms with van der Waals surface area (Å²) < 4.78 is 0. The lowest BCUT2D eigenvalue weighted by Gasteiger charge is -2.26. The Balaban J connectivity index is 3.91. The largest absolute Gasteiger partial charge is 0.345 e. The summed E-state index contributed by atoms with van der Waals surface area (Å²) in [4.78, 5) is 13.0. The van der Waals surface area contributed by atoms with Crippen LogP contribution in [0, 0.1) is 16.7 Å². The maximum absolute atomic E-state index is 11.4. The highest BCUT2D eigenvalue weighted by Crippen LogP contribution is 2.14. The van der Waals surface area contributed by atoms with Crippen LogP contribution in [0.25, 0.3) is 0 Å². The highest BCUT2D eigenvalue weighted by molar-refractivity contribution is 5.76. The minimum atomic E-state index is 0.0523. The minimum absolute atomic E-state index is 0.0523. The molecule has 0 aromatic heterocycles. The highest BCUT2D eigenvalue weighted by atomic mass is 16.2. The number of carbonyl (C=O) groups excluding carboxylic acids is 1. The Morgan fingerprint density at radius 1 is 1.46 bits per heavy atom. The third-order valence-electron chi connectivity index (χ3n) is 1.59. The van der Waals surface area contributed by atoms with Crippen molar-refractivity contribution in [2.45, 2.75) is 33.6 Å². The van der Waals surface area contributed by atoms with Gasteiger partial charge in [0.05, 0.1) is 6.07 Å². The first-order valence-electron chi connectivity index (χ1n) is 4.48. The summed E-state index contributed by atoms with van der Waals surface area (Å²) in [5.74, 6) is 0.0523. The summed E-state index contributed by atoms with van der Waals surface area (Å²) in [5, 5.41) is 8.31. The van der Waals surface area contributed by atoms with Crippen LogP contribution >= 0.6 is 0 Å². The summed E-state index contributed by atoms with van der Waals surface area (Å²) in [5.41, 5.74) is 0.122. The predicted octanol–water partition coefficient (Wildman–Crippen LogP) is 1.79. The highest BCUT2D eigenvalue weighted by Gasteiger charge is 2.16. The molecule has 0 atom stereocenters. The van der Waals surface area contributed by atoms with E-state index in [1.54, 1.807) is 11.9 Å². The molecule has 1 amide bonds. The molecule has 0 rings (SSSR count). The van der Waals surface area contributed by atoms with Gasteiger partial charge in [-0.05, 0) is 5.41 Å². The summed E-state index contributed by atoms with van der Waals surface area (Å²) in [7, 11) is 1.78. The van der Waals surface area contributed by atoms with E-state index in [0.717, 1.165) is 6.54 Å². The molecule has 13 heavy (non-hydrogen) atoms. The van der Waals surface area contributed by atoms with Crippen LogP contribution in [0.2, 0.25) is 0 Å². The molecular formula is C10H18N2O. The standard InChI is InChI=1S/C10H18N2O/c1-10(2,3)8-12(4)9(13)6-5-7-11/h5-6,8H2,1-4H3. The van der Waals surface area contributed by atoms with Crippen LogP contribution < -0.4 is 0 Å². The second-order valence-corrected chi connectivity index (χ2v) is 4.47. The zero-order valence-electron chi connectivity index (χ0n) is 8.92. The average Bonchev–Trinajstić information content (AvgIpc) is 1.96. The van der Waals surface area contributed by atoms with E-state index in [1.165, 1.54) is 0 Å². The first-order valence-corrected chi connectivity index (χ1v) is 4.48. The fourth-order valence-electron chi connectivity index (χ4n) is 1.15. The van der Waals surface area contributed by atoms with Crippen LogP contribution in [0.5, 0.6) is 0 Å². The average molecular weight is 182 g/mol. The monoisotopic (exact) mass is 182 g/mol. The van der Waals surface area contributed by atoms with E-state index >= 15 is 0 Å². The molecule has 0 aromatic carbocycles.